The molecule has 0 spiro atoms. The van der Waals surface area contributed by atoms with Gasteiger partial charge in [0.1, 0.15) is 12.5 Å². The van der Waals surface area contributed by atoms with Crippen LogP contribution in [0.5, 0.6) is 0 Å². The first-order chi connectivity index (χ1) is 11.7. The number of hydrogen-bond donors (Lipinski definition) is 1. The van der Waals surface area contributed by atoms with Crippen LogP contribution in [0.25, 0.3) is 0 Å². The molecule has 0 bridgehead atoms. The Morgan fingerprint density at radius 1 is 1.08 bits per heavy atom. The number of aliphatic hydroxyl groups is 1. The molecule has 1 aliphatic heterocycles. The van der Waals surface area contributed by atoms with Gasteiger partial charge in [0.25, 0.3) is 0 Å². The summed E-state index contributed by atoms with van der Waals surface area (Å²) >= 11 is 0. The second kappa shape index (κ2) is 8.13. The van der Waals surface area contributed by atoms with Gasteiger partial charge in [0.05, 0.1) is 5.60 Å². The first-order valence-corrected chi connectivity index (χ1v) is 9.35. The Hall–Kier alpha value is -1.39. The first kappa shape index (κ1) is 17.4. The Morgan fingerprint density at radius 3 is 2.42 bits per heavy atom. The number of nitrogens with zero attached hydrogens (tertiary/aromatic N) is 1. The summed E-state index contributed by atoms with van der Waals surface area (Å²) in [4.78, 5) is 15.1. The minimum Gasteiger partial charge on any atom is -0.464 e. The normalized spacial score (nSPS) is 22.2. The van der Waals surface area contributed by atoms with E-state index in [9.17, 15) is 9.90 Å². The lowest BCUT2D eigenvalue weighted by atomic mass is 9.81. The van der Waals surface area contributed by atoms with E-state index < -0.39 is 11.5 Å². The number of likely N-dealkylation sites (tertiary alicyclic amines) is 1. The Labute approximate surface area is 144 Å². The van der Waals surface area contributed by atoms with E-state index in [1.807, 2.05) is 30.3 Å². The molecular formula is C20H29NO3. The predicted octanol–water partition coefficient (Wildman–Crippen LogP) is 3.10. The molecule has 24 heavy (non-hydrogen) atoms. The predicted molar refractivity (Wildman–Crippen MR) is 93.9 cm³/mol. The highest BCUT2D eigenvalue weighted by Crippen LogP contribution is 2.42. The molecule has 4 nitrogen and oxygen atoms in total. The molecule has 1 saturated heterocycles. The van der Waals surface area contributed by atoms with Gasteiger partial charge in [0.2, 0.25) is 0 Å². The van der Waals surface area contributed by atoms with E-state index in [4.69, 9.17) is 4.74 Å². The van der Waals surface area contributed by atoms with E-state index >= 15 is 0 Å². The van der Waals surface area contributed by atoms with Crippen molar-refractivity contribution in [2.45, 2.75) is 56.5 Å². The third kappa shape index (κ3) is 4.17. The molecule has 0 aromatic heterocycles. The van der Waals surface area contributed by atoms with E-state index in [1.165, 1.54) is 19.3 Å². The van der Waals surface area contributed by atoms with Gasteiger partial charge in [-0.25, -0.2) is 0 Å². The molecule has 0 unspecified atom stereocenters. The number of rotatable bonds is 6. The summed E-state index contributed by atoms with van der Waals surface area (Å²) in [7, 11) is 0. The fraction of sp³-hybridized carbons (Fsp3) is 0.650. The average Bonchev–Trinajstić information content (AvgIpc) is 3.04. The van der Waals surface area contributed by atoms with Gasteiger partial charge in [-0.3, -0.25) is 9.69 Å². The molecule has 4 heteroatoms. The third-order valence-electron chi connectivity index (χ3n) is 5.48. The standard InChI is InChI=1S/C20H29NO3/c22-19(24-16-15-21-13-7-2-8-14-21)18(17-9-3-1-4-10-17)20(23)11-5-6-12-20/h1,3-4,9-10,18,23H,2,5-8,11-16H2/t18-/m1/s1. The zero-order valence-electron chi connectivity index (χ0n) is 14.5. The van der Waals surface area contributed by atoms with Crippen molar-refractivity contribution in [3.63, 3.8) is 0 Å². The Balaban J connectivity index is 1.63. The maximum Gasteiger partial charge on any atom is 0.316 e. The highest BCUT2D eigenvalue weighted by atomic mass is 16.5. The topological polar surface area (TPSA) is 49.8 Å². The molecule has 1 atom stereocenters. The van der Waals surface area contributed by atoms with Gasteiger partial charge in [-0.15, -0.1) is 0 Å². The van der Waals surface area contributed by atoms with Crippen LogP contribution in [0, 0.1) is 0 Å². The molecule has 1 aliphatic carbocycles. The monoisotopic (exact) mass is 331 g/mol. The minimum atomic E-state index is -0.955. The van der Waals surface area contributed by atoms with Crippen LogP contribution in [0.15, 0.2) is 30.3 Å². The molecule has 1 aromatic carbocycles. The van der Waals surface area contributed by atoms with Crippen LogP contribution >= 0.6 is 0 Å². The number of benzene rings is 1. The van der Waals surface area contributed by atoms with Gasteiger partial charge in [0, 0.05) is 6.54 Å². The van der Waals surface area contributed by atoms with Crippen LogP contribution in [-0.2, 0) is 9.53 Å². The lowest BCUT2D eigenvalue weighted by Gasteiger charge is -2.32. The maximum absolute atomic E-state index is 12.8. The van der Waals surface area contributed by atoms with Crippen LogP contribution < -0.4 is 0 Å². The summed E-state index contributed by atoms with van der Waals surface area (Å²) in [6.07, 6.45) is 7.07. The van der Waals surface area contributed by atoms with Crippen LogP contribution in [0.4, 0.5) is 0 Å². The largest absolute Gasteiger partial charge is 0.464 e. The van der Waals surface area contributed by atoms with Gasteiger partial charge in [-0.1, -0.05) is 49.6 Å². The van der Waals surface area contributed by atoms with E-state index in [2.05, 4.69) is 4.90 Å². The molecule has 0 radical (unpaired) electrons. The Kier molecular flexibility index (Phi) is 5.90. The summed E-state index contributed by atoms with van der Waals surface area (Å²) in [5.74, 6) is -0.842. The molecule has 3 rings (SSSR count). The zero-order valence-corrected chi connectivity index (χ0v) is 14.5. The van der Waals surface area contributed by atoms with Gasteiger partial charge in [-0.05, 0) is 44.3 Å². The van der Waals surface area contributed by atoms with Gasteiger partial charge in [-0.2, -0.15) is 0 Å². The van der Waals surface area contributed by atoms with E-state index in [0.717, 1.165) is 38.0 Å². The number of esters is 1. The fourth-order valence-electron chi connectivity index (χ4n) is 4.13. The SMILES string of the molecule is O=C(OCCN1CCCCC1)[C@@H](c1ccccc1)C1(O)CCCC1. The molecule has 1 saturated carbocycles. The van der Waals surface area contributed by atoms with Crippen molar-refractivity contribution < 1.29 is 14.6 Å². The average molecular weight is 331 g/mol. The van der Waals surface area contributed by atoms with E-state index in [-0.39, 0.29) is 5.97 Å². The Bertz CT molecular complexity index is 519. The number of ether oxygens (including phenoxy) is 1. The molecule has 2 fully saturated rings. The van der Waals surface area contributed by atoms with Crippen molar-refractivity contribution in [2.24, 2.45) is 0 Å². The lowest BCUT2D eigenvalue weighted by Crippen LogP contribution is -2.40. The summed E-state index contributed by atoms with van der Waals surface area (Å²) in [5, 5.41) is 11.0. The van der Waals surface area contributed by atoms with Crippen molar-refractivity contribution in [3.05, 3.63) is 35.9 Å². The summed E-state index contributed by atoms with van der Waals surface area (Å²) < 4.78 is 5.60. The summed E-state index contributed by atoms with van der Waals surface area (Å²) in [6, 6.07) is 9.62. The van der Waals surface area contributed by atoms with Crippen molar-refractivity contribution in [1.29, 1.82) is 0 Å². The molecule has 1 aromatic rings. The summed E-state index contributed by atoms with van der Waals surface area (Å²) in [5.41, 5.74) is -0.0892. The maximum atomic E-state index is 12.8. The van der Waals surface area contributed by atoms with Crippen molar-refractivity contribution in [1.82, 2.24) is 4.90 Å². The number of carbonyl (C=O) groups excluding carboxylic acids is 1. The molecule has 2 aliphatic rings. The zero-order chi connectivity index (χ0) is 16.8. The molecular weight excluding hydrogens is 302 g/mol. The molecule has 1 N–H and O–H groups in total. The Morgan fingerprint density at radius 2 is 1.75 bits per heavy atom. The quantitative estimate of drug-likeness (QED) is 0.814. The van der Waals surface area contributed by atoms with Crippen molar-refractivity contribution in [3.8, 4) is 0 Å². The minimum absolute atomic E-state index is 0.275. The van der Waals surface area contributed by atoms with Gasteiger partial charge >= 0.3 is 5.97 Å². The third-order valence-corrected chi connectivity index (χ3v) is 5.48. The number of carbonyl (C=O) groups is 1. The summed E-state index contributed by atoms with van der Waals surface area (Å²) in [6.45, 7) is 3.41. The molecule has 0 amide bonds. The fourth-order valence-corrected chi connectivity index (χ4v) is 4.13. The lowest BCUT2D eigenvalue weighted by molar-refractivity contribution is -0.153. The highest BCUT2D eigenvalue weighted by Gasteiger charge is 2.45. The van der Waals surface area contributed by atoms with Crippen LogP contribution in [0.1, 0.15) is 56.4 Å². The highest BCUT2D eigenvalue weighted by molar-refractivity contribution is 5.80. The van der Waals surface area contributed by atoms with Crippen molar-refractivity contribution in [2.75, 3.05) is 26.2 Å². The van der Waals surface area contributed by atoms with Crippen LogP contribution in [0.2, 0.25) is 0 Å². The second-order valence-electron chi connectivity index (χ2n) is 7.22. The first-order valence-electron chi connectivity index (χ1n) is 9.35. The second-order valence-corrected chi connectivity index (χ2v) is 7.22. The smallest absolute Gasteiger partial charge is 0.316 e. The molecule has 1 heterocycles. The molecule has 132 valence electrons. The van der Waals surface area contributed by atoms with E-state index in [1.54, 1.807) is 0 Å². The van der Waals surface area contributed by atoms with E-state index in [0.29, 0.717) is 19.4 Å². The van der Waals surface area contributed by atoms with Crippen LogP contribution in [0.3, 0.4) is 0 Å². The number of piperidine rings is 1. The van der Waals surface area contributed by atoms with Crippen LogP contribution in [-0.4, -0.2) is 47.8 Å². The van der Waals surface area contributed by atoms with Gasteiger partial charge in [0.15, 0.2) is 0 Å². The van der Waals surface area contributed by atoms with Crippen molar-refractivity contribution >= 4 is 5.97 Å². The van der Waals surface area contributed by atoms with Gasteiger partial charge < -0.3 is 9.84 Å². The number of hydrogen-bond acceptors (Lipinski definition) is 4.